The van der Waals surface area contributed by atoms with Crippen molar-refractivity contribution in [1.82, 2.24) is 0 Å². The first-order valence-electron chi connectivity index (χ1n) is 49.4. The minimum atomic E-state index is -0.359. The van der Waals surface area contributed by atoms with Gasteiger partial charge in [-0.15, -0.1) is 0 Å². The van der Waals surface area contributed by atoms with Crippen LogP contribution in [0.2, 0.25) is 0 Å². The minimum Gasteiger partial charge on any atom is -0.508 e. The quantitative estimate of drug-likeness (QED) is 0.0394. The molecule has 706 valence electrons. The Bertz CT molecular complexity index is 5820. The highest BCUT2D eigenvalue weighted by molar-refractivity contribution is 5.57. The lowest BCUT2D eigenvalue weighted by Gasteiger charge is -2.47. The summed E-state index contributed by atoms with van der Waals surface area (Å²) in [5.74, 6) is 3.86. The molecule has 8 heteroatoms. The third kappa shape index (κ3) is 21.3. The highest BCUT2D eigenvalue weighted by atomic mass is 16.3. The zero-order valence-corrected chi connectivity index (χ0v) is 84.0. The van der Waals surface area contributed by atoms with Crippen LogP contribution in [0.5, 0.6) is 46.0 Å². The van der Waals surface area contributed by atoms with Crippen LogP contribution in [0, 0.1) is 39.5 Å². The topological polar surface area (TPSA) is 162 Å². The Morgan fingerprint density at radius 2 is 0.419 bits per heavy atom. The predicted octanol–water partition coefficient (Wildman–Crippen LogP) is 31.8. The number of phenolic OH excluding ortho intramolecular Hbond substituents is 8. The average molecular weight is 1810 g/mol. The molecule has 0 saturated heterocycles. The number of hydrogen-bond donors (Lipinski definition) is 8. The second-order valence-electron chi connectivity index (χ2n) is 44.2. The number of aromatic hydroxyl groups is 8. The van der Waals surface area contributed by atoms with Crippen LogP contribution < -0.4 is 0 Å². The first kappa shape index (κ1) is 99.4. The monoisotopic (exact) mass is 1810 g/mol. The van der Waals surface area contributed by atoms with E-state index < -0.39 is 0 Å². The molecule has 8 N–H and O–H groups in total. The Balaban J connectivity index is 0.000000146. The summed E-state index contributed by atoms with van der Waals surface area (Å²) >= 11 is 0. The number of benzene rings is 14. The molecule has 0 radical (unpaired) electrons. The summed E-state index contributed by atoms with van der Waals surface area (Å²) in [6.45, 7) is 42.3. The highest BCUT2D eigenvalue weighted by Gasteiger charge is 2.46. The van der Waals surface area contributed by atoms with Crippen LogP contribution in [0.3, 0.4) is 0 Å². The van der Waals surface area contributed by atoms with E-state index in [1.165, 1.54) is 158 Å². The van der Waals surface area contributed by atoms with E-state index in [4.69, 9.17) is 0 Å². The van der Waals surface area contributed by atoms with Crippen molar-refractivity contribution in [2.75, 3.05) is 0 Å². The van der Waals surface area contributed by atoms with Gasteiger partial charge in [0.15, 0.2) is 0 Å². The van der Waals surface area contributed by atoms with Crippen molar-refractivity contribution >= 4 is 0 Å². The van der Waals surface area contributed by atoms with Gasteiger partial charge in [0.05, 0.1) is 0 Å². The van der Waals surface area contributed by atoms with E-state index in [-0.39, 0.29) is 77.1 Å². The molecular weight excluding hydrogens is 1670 g/mol. The summed E-state index contributed by atoms with van der Waals surface area (Å²) < 4.78 is 0. The summed E-state index contributed by atoms with van der Waals surface area (Å²) in [6.07, 6.45) is 15.4. The molecule has 3 saturated carbocycles. The lowest BCUT2D eigenvalue weighted by atomic mass is 9.57. The van der Waals surface area contributed by atoms with Crippen molar-refractivity contribution in [1.29, 1.82) is 0 Å². The second-order valence-corrected chi connectivity index (χ2v) is 44.2. The lowest BCUT2D eigenvalue weighted by molar-refractivity contribution is 0.140. The van der Waals surface area contributed by atoms with E-state index in [9.17, 15) is 40.9 Å². The summed E-state index contributed by atoms with van der Waals surface area (Å²) in [4.78, 5) is 0. The molecule has 3 aliphatic carbocycles. The lowest BCUT2D eigenvalue weighted by Crippen LogP contribution is -2.38. The Labute approximate surface area is 812 Å². The van der Waals surface area contributed by atoms with Crippen molar-refractivity contribution in [3.63, 3.8) is 0 Å². The third-order valence-electron chi connectivity index (χ3n) is 31.9. The van der Waals surface area contributed by atoms with E-state index in [1.54, 1.807) is 72.8 Å². The van der Waals surface area contributed by atoms with Crippen LogP contribution in [0.25, 0.3) is 0 Å². The van der Waals surface area contributed by atoms with E-state index >= 15 is 0 Å². The molecule has 0 heterocycles. The third-order valence-corrected chi connectivity index (χ3v) is 31.9. The second kappa shape index (κ2) is 40.0. The summed E-state index contributed by atoms with van der Waals surface area (Å²) in [5.41, 5.74) is 27.6. The zero-order chi connectivity index (χ0) is 97.7. The van der Waals surface area contributed by atoms with Gasteiger partial charge in [0, 0.05) is 43.3 Å². The largest absolute Gasteiger partial charge is 0.508 e. The maximum Gasteiger partial charge on any atom is 0.119 e. The number of rotatable bonds is 18. The van der Waals surface area contributed by atoms with E-state index in [0.29, 0.717) is 34.8 Å². The number of phenols is 8. The van der Waals surface area contributed by atoms with Gasteiger partial charge in [-0.1, -0.05) is 363 Å². The first-order chi connectivity index (χ1) is 64.3. The fourth-order valence-electron chi connectivity index (χ4n) is 22.4. The predicted molar refractivity (Wildman–Crippen MR) is 563 cm³/mol. The molecule has 3 fully saturated rings. The Hall–Kier alpha value is -12.5. The standard InChI is InChI=1S/C37H40O3.C34H38O2.C30H30O2.C27H38O/c1-26-2-4-29(5-3-26)36(30-6-12-33(38)13-7-30)22-18-27(19-23-36)28-20-24-37(25-21-28,31-8-14-34(39)15-9-31)32-10-16-35(40)17-11-32;1-23-8-10-24(11-9-23)32(2,3)27-20-28(33(4,5)25-12-16-30(35)17-13-25)22-29(21-27)34(6,7)26-14-18-31(36)19-15-26;1-21-5-7-24(8-6-21)30(4,26-15-19-28(32)20-16-26)25-11-9-22(10-12-25)29(2,3)23-13-17-27(31)18-14-23;1-19-11-12-20(17-22(19)25(2,3)4)27(15-9-8-10-16-27)21-13-14-24(28)23(18-21)26(5,6)7/h2-17,27-28,38-40H,18-25H2,1H3;8-22,35-36H,1-7H3;5-20,31-32H,1-4H3;11-14,17-18,28H,8-10,15-16H2,1-7H3. The Morgan fingerprint density at radius 3 is 0.721 bits per heavy atom. The molecule has 1 atom stereocenters. The summed E-state index contributed by atoms with van der Waals surface area (Å²) in [6, 6.07) is 110. The van der Waals surface area contributed by atoms with Crippen molar-refractivity contribution in [2.45, 2.75) is 269 Å². The molecule has 14 aromatic carbocycles. The molecule has 3 aliphatic rings. The molecule has 17 rings (SSSR count). The number of aryl methyl sites for hydroxylation is 4. The van der Waals surface area contributed by atoms with Crippen LogP contribution in [-0.4, -0.2) is 40.9 Å². The fourth-order valence-corrected chi connectivity index (χ4v) is 22.4. The number of hydrogen-bond acceptors (Lipinski definition) is 8. The summed E-state index contributed by atoms with van der Waals surface area (Å²) in [7, 11) is 0. The zero-order valence-electron chi connectivity index (χ0n) is 84.0. The van der Waals surface area contributed by atoms with Gasteiger partial charge in [-0.2, -0.15) is 0 Å². The van der Waals surface area contributed by atoms with Crippen LogP contribution in [0.4, 0.5) is 0 Å². The first-order valence-corrected chi connectivity index (χ1v) is 49.4. The maximum atomic E-state index is 10.5. The summed E-state index contributed by atoms with van der Waals surface area (Å²) in [5, 5.41) is 79.6. The van der Waals surface area contributed by atoms with Crippen molar-refractivity contribution in [3.8, 4) is 46.0 Å². The van der Waals surface area contributed by atoms with Crippen molar-refractivity contribution in [2.24, 2.45) is 11.8 Å². The van der Waals surface area contributed by atoms with Gasteiger partial charge in [-0.3, -0.25) is 0 Å². The van der Waals surface area contributed by atoms with Crippen LogP contribution in [0.1, 0.15) is 315 Å². The van der Waals surface area contributed by atoms with Gasteiger partial charge in [0.2, 0.25) is 0 Å². The maximum absolute atomic E-state index is 10.5. The van der Waals surface area contributed by atoms with Gasteiger partial charge < -0.3 is 40.9 Å². The molecule has 136 heavy (non-hydrogen) atoms. The van der Waals surface area contributed by atoms with E-state index in [1.807, 2.05) is 66.7 Å². The van der Waals surface area contributed by atoms with Crippen molar-refractivity contribution in [3.05, 3.63) is 449 Å². The molecule has 0 aliphatic heterocycles. The van der Waals surface area contributed by atoms with E-state index in [0.717, 1.165) is 53.5 Å². The highest BCUT2D eigenvalue weighted by Crippen LogP contribution is 2.56. The average Bonchev–Trinajstić information content (AvgIpc) is 0.787. The SMILES string of the molecule is Cc1ccc(C(C)(C)c2cc(C(C)(C)c3ccc(O)cc3)cc(C(C)(C)c3ccc(O)cc3)c2)cc1.Cc1ccc(C(C)(c2ccc(O)cc2)c2ccc(C(C)(C)c3ccc(O)cc3)cc2)cc1.Cc1ccc(C2(c3ccc(O)c(C(C)(C)C)c3)CCCCC2)cc1C(C)(C)C.Cc1ccc(C2(c3ccc(O)cc3)CCC(C3CCC(c4ccc(O)cc4)(c4ccc(O)cc4)CC3)CC2)cc1. The molecule has 0 spiro atoms. The molecular formula is C128H146O8. The van der Waals surface area contributed by atoms with Crippen LogP contribution in [-0.2, 0) is 54.1 Å². The molecule has 1 unspecified atom stereocenters. The molecule has 0 bridgehead atoms. The Morgan fingerprint density at radius 1 is 0.206 bits per heavy atom. The van der Waals surface area contributed by atoms with Gasteiger partial charge in [0.1, 0.15) is 46.0 Å². The van der Waals surface area contributed by atoms with Gasteiger partial charge in [-0.05, 0) is 324 Å². The van der Waals surface area contributed by atoms with Crippen LogP contribution in [0.15, 0.2) is 322 Å². The van der Waals surface area contributed by atoms with Gasteiger partial charge in [0.25, 0.3) is 0 Å². The molecule has 8 nitrogen and oxygen atoms in total. The van der Waals surface area contributed by atoms with Crippen LogP contribution >= 0.6 is 0 Å². The normalized spacial score (nSPS) is 16.9. The molecule has 14 aromatic rings. The smallest absolute Gasteiger partial charge is 0.119 e. The van der Waals surface area contributed by atoms with Gasteiger partial charge >= 0.3 is 0 Å². The Kier molecular flexibility index (Phi) is 29.3. The molecule has 0 aromatic heterocycles. The fraction of sp³-hybridized carbons (Fsp3) is 0.344. The van der Waals surface area contributed by atoms with E-state index in [2.05, 4.69) is 314 Å². The molecule has 0 amide bonds. The minimum absolute atomic E-state index is 0.00555. The van der Waals surface area contributed by atoms with Crippen molar-refractivity contribution < 1.29 is 40.9 Å². The van der Waals surface area contributed by atoms with Gasteiger partial charge in [-0.25, -0.2) is 0 Å².